The number of hydrogen-bond acceptors (Lipinski definition) is 3. The molecular weight excluding hydrogens is 322 g/mol. The van der Waals surface area contributed by atoms with E-state index in [9.17, 15) is 0 Å². The minimum absolute atomic E-state index is 0.244. The molecule has 1 aromatic heterocycles. The molecule has 5 heteroatoms. The van der Waals surface area contributed by atoms with Crippen molar-refractivity contribution >= 4 is 11.8 Å². The summed E-state index contributed by atoms with van der Waals surface area (Å²) < 4.78 is 0. The second-order valence-electron chi connectivity index (χ2n) is 7.20. The van der Waals surface area contributed by atoms with Crippen LogP contribution in [0.4, 0.5) is 5.82 Å². The molecule has 2 N–H and O–H groups in total. The zero-order valence-corrected chi connectivity index (χ0v) is 16.0. The number of aromatic nitrogens is 1. The van der Waals surface area contributed by atoms with Gasteiger partial charge in [-0.05, 0) is 36.1 Å². The van der Waals surface area contributed by atoms with E-state index in [0.29, 0.717) is 0 Å². The van der Waals surface area contributed by atoms with Crippen molar-refractivity contribution in [2.24, 2.45) is 4.99 Å². The molecule has 1 heterocycles. The van der Waals surface area contributed by atoms with Crippen molar-refractivity contribution in [3.05, 3.63) is 59.8 Å². The van der Waals surface area contributed by atoms with Crippen molar-refractivity contribution in [1.29, 1.82) is 0 Å². The number of benzene rings is 1. The summed E-state index contributed by atoms with van der Waals surface area (Å²) in [4.78, 5) is 10.8. The minimum Gasteiger partial charge on any atom is -0.363 e. The first-order chi connectivity index (χ1) is 12.6. The summed E-state index contributed by atoms with van der Waals surface area (Å²) in [5, 5.41) is 6.95. The zero-order chi connectivity index (χ0) is 18.4. The van der Waals surface area contributed by atoms with Crippen LogP contribution in [0.2, 0.25) is 0 Å². The van der Waals surface area contributed by atoms with Crippen LogP contribution in [0.25, 0.3) is 0 Å². The van der Waals surface area contributed by atoms with E-state index in [1.807, 2.05) is 38.3 Å². The third kappa shape index (κ3) is 4.15. The van der Waals surface area contributed by atoms with Crippen molar-refractivity contribution in [1.82, 2.24) is 15.6 Å². The van der Waals surface area contributed by atoms with E-state index < -0.39 is 0 Å². The number of aliphatic imine (C=N–C) groups is 1. The van der Waals surface area contributed by atoms with Gasteiger partial charge in [0.2, 0.25) is 0 Å². The van der Waals surface area contributed by atoms with Gasteiger partial charge in [-0.25, -0.2) is 4.98 Å². The van der Waals surface area contributed by atoms with Gasteiger partial charge < -0.3 is 15.5 Å². The fraction of sp³-hybridized carbons (Fsp3) is 0.429. The molecule has 1 saturated carbocycles. The summed E-state index contributed by atoms with van der Waals surface area (Å²) in [7, 11) is 5.83. The van der Waals surface area contributed by atoms with Gasteiger partial charge in [0.15, 0.2) is 5.96 Å². The summed E-state index contributed by atoms with van der Waals surface area (Å²) >= 11 is 0. The lowest BCUT2D eigenvalue weighted by atomic mass is 9.64. The van der Waals surface area contributed by atoms with Gasteiger partial charge in [0.05, 0.1) is 0 Å². The maximum atomic E-state index is 4.38. The molecule has 1 aliphatic carbocycles. The summed E-state index contributed by atoms with van der Waals surface area (Å²) in [6.07, 6.45) is 5.61. The molecular formula is C21H29N5. The fourth-order valence-corrected chi connectivity index (χ4v) is 3.44. The van der Waals surface area contributed by atoms with Crippen molar-refractivity contribution in [2.75, 3.05) is 32.6 Å². The Kier molecular flexibility index (Phi) is 5.76. The van der Waals surface area contributed by atoms with E-state index in [-0.39, 0.29) is 5.41 Å². The normalized spacial score (nSPS) is 15.9. The third-order valence-electron chi connectivity index (χ3n) is 5.24. The molecule has 2 aromatic rings. The van der Waals surface area contributed by atoms with Gasteiger partial charge in [-0.1, -0.05) is 36.8 Å². The van der Waals surface area contributed by atoms with Crippen LogP contribution in [0.1, 0.15) is 30.4 Å². The average Bonchev–Trinajstić information content (AvgIpc) is 2.64. The molecule has 5 nitrogen and oxygen atoms in total. The smallest absolute Gasteiger partial charge is 0.191 e. The number of hydrogen-bond donors (Lipinski definition) is 2. The van der Waals surface area contributed by atoms with E-state index in [0.717, 1.165) is 24.9 Å². The average molecular weight is 351 g/mol. The van der Waals surface area contributed by atoms with Crippen LogP contribution in [0.3, 0.4) is 0 Å². The molecule has 0 bridgehead atoms. The lowest BCUT2D eigenvalue weighted by Crippen LogP contribution is -2.48. The van der Waals surface area contributed by atoms with E-state index in [4.69, 9.17) is 0 Å². The van der Waals surface area contributed by atoms with Crippen LogP contribution >= 0.6 is 0 Å². The molecule has 1 aromatic carbocycles. The molecule has 0 amide bonds. The van der Waals surface area contributed by atoms with E-state index in [1.54, 1.807) is 0 Å². The maximum Gasteiger partial charge on any atom is 0.191 e. The molecule has 0 aliphatic heterocycles. The van der Waals surface area contributed by atoms with E-state index >= 15 is 0 Å². The molecule has 0 spiro atoms. The molecule has 3 rings (SSSR count). The van der Waals surface area contributed by atoms with Crippen LogP contribution in [0.5, 0.6) is 0 Å². The Labute approximate surface area is 156 Å². The standard InChI is InChI=1S/C21H29N5/c1-22-20(24-15-17-10-13-23-19(14-17)26(2)3)25-16-21(11-7-12-21)18-8-5-4-6-9-18/h4-6,8-10,13-14H,7,11-12,15-16H2,1-3H3,(H2,22,24,25). The van der Waals surface area contributed by atoms with Gasteiger partial charge in [-0.2, -0.15) is 0 Å². The number of guanidine groups is 1. The molecule has 0 atom stereocenters. The molecule has 138 valence electrons. The Morgan fingerprint density at radius 2 is 1.92 bits per heavy atom. The van der Waals surface area contributed by atoms with Crippen molar-refractivity contribution in [2.45, 2.75) is 31.2 Å². The highest BCUT2D eigenvalue weighted by atomic mass is 15.2. The van der Waals surface area contributed by atoms with E-state index in [2.05, 4.69) is 57.0 Å². The Bertz CT molecular complexity index is 735. The first kappa shape index (κ1) is 18.2. The van der Waals surface area contributed by atoms with Crippen molar-refractivity contribution in [3.8, 4) is 0 Å². The number of anilines is 1. The SMILES string of the molecule is CN=C(NCc1ccnc(N(C)C)c1)NCC1(c2ccccc2)CCC1. The van der Waals surface area contributed by atoms with E-state index in [1.165, 1.54) is 30.4 Å². The lowest BCUT2D eigenvalue weighted by Gasteiger charge is -2.43. The lowest BCUT2D eigenvalue weighted by molar-refractivity contribution is 0.244. The summed E-state index contributed by atoms with van der Waals surface area (Å²) in [5.41, 5.74) is 2.86. The van der Waals surface area contributed by atoms with Gasteiger partial charge >= 0.3 is 0 Å². The van der Waals surface area contributed by atoms with Gasteiger partial charge in [-0.3, -0.25) is 4.99 Å². The quantitative estimate of drug-likeness (QED) is 0.621. The topological polar surface area (TPSA) is 52.6 Å². The molecule has 0 unspecified atom stereocenters. The first-order valence-electron chi connectivity index (χ1n) is 9.25. The number of rotatable bonds is 6. The monoisotopic (exact) mass is 351 g/mol. The number of pyridine rings is 1. The van der Waals surface area contributed by atoms with Crippen LogP contribution in [0.15, 0.2) is 53.7 Å². The molecule has 1 aliphatic rings. The molecule has 26 heavy (non-hydrogen) atoms. The maximum absolute atomic E-state index is 4.38. The minimum atomic E-state index is 0.244. The van der Waals surface area contributed by atoms with Gasteiger partial charge in [-0.15, -0.1) is 0 Å². The Balaban J connectivity index is 1.58. The molecule has 0 saturated heterocycles. The highest BCUT2D eigenvalue weighted by molar-refractivity contribution is 5.79. The zero-order valence-electron chi connectivity index (χ0n) is 16.0. The number of nitrogens with zero attached hydrogens (tertiary/aromatic N) is 3. The largest absolute Gasteiger partial charge is 0.363 e. The van der Waals surface area contributed by atoms with Crippen molar-refractivity contribution in [3.63, 3.8) is 0 Å². The Morgan fingerprint density at radius 1 is 1.15 bits per heavy atom. The number of nitrogens with one attached hydrogen (secondary N) is 2. The second kappa shape index (κ2) is 8.21. The first-order valence-corrected chi connectivity index (χ1v) is 9.25. The summed E-state index contributed by atoms with van der Waals surface area (Å²) in [6.45, 7) is 1.64. The van der Waals surface area contributed by atoms with Crippen LogP contribution in [-0.2, 0) is 12.0 Å². The van der Waals surface area contributed by atoms with Crippen LogP contribution in [0, 0.1) is 0 Å². The van der Waals surface area contributed by atoms with Gasteiger partial charge in [0.25, 0.3) is 0 Å². The highest BCUT2D eigenvalue weighted by Gasteiger charge is 2.38. The summed E-state index contributed by atoms with van der Waals surface area (Å²) in [6, 6.07) is 15.0. The Morgan fingerprint density at radius 3 is 2.54 bits per heavy atom. The fourth-order valence-electron chi connectivity index (χ4n) is 3.44. The highest BCUT2D eigenvalue weighted by Crippen LogP contribution is 2.43. The van der Waals surface area contributed by atoms with Crippen molar-refractivity contribution < 1.29 is 0 Å². The predicted octanol–water partition coefficient (Wildman–Crippen LogP) is 2.93. The third-order valence-corrected chi connectivity index (χ3v) is 5.24. The van der Waals surface area contributed by atoms with Crippen LogP contribution in [-0.4, -0.2) is 38.6 Å². The second-order valence-corrected chi connectivity index (χ2v) is 7.20. The van der Waals surface area contributed by atoms with Crippen LogP contribution < -0.4 is 15.5 Å². The molecule has 1 fully saturated rings. The molecule has 0 radical (unpaired) electrons. The Hall–Kier alpha value is -2.56. The van der Waals surface area contributed by atoms with Gasteiger partial charge in [0, 0.05) is 45.8 Å². The van der Waals surface area contributed by atoms with Gasteiger partial charge in [0.1, 0.15) is 5.82 Å². The summed E-state index contributed by atoms with van der Waals surface area (Å²) in [5.74, 6) is 1.81. The predicted molar refractivity (Wildman–Crippen MR) is 109 cm³/mol.